The lowest BCUT2D eigenvalue weighted by Crippen LogP contribution is -2.29. The number of aromatic nitrogens is 1. The number of halogens is 1. The number of alkyl halides is 1. The summed E-state index contributed by atoms with van der Waals surface area (Å²) in [4.78, 5) is 17.1. The fourth-order valence-electron chi connectivity index (χ4n) is 5.34. The molecule has 40 heavy (non-hydrogen) atoms. The third-order valence-corrected chi connectivity index (χ3v) is 7.83. The number of aryl methyl sites for hydroxylation is 1. The van der Waals surface area contributed by atoms with E-state index in [1.54, 1.807) is 0 Å². The zero-order valence-electron chi connectivity index (χ0n) is 23.5. The average molecular weight is 579 g/mol. The number of H-pyrrole nitrogens is 1. The summed E-state index contributed by atoms with van der Waals surface area (Å²) >= 11 is 7.48. The van der Waals surface area contributed by atoms with E-state index in [2.05, 4.69) is 40.0 Å². The molecule has 8 heteroatoms. The number of carbonyl (C=O) groups excluding carboxylic acids is 1. The molecule has 210 valence electrons. The molecule has 6 nitrogen and oxygen atoms in total. The van der Waals surface area contributed by atoms with Crippen LogP contribution in [0.15, 0.2) is 54.6 Å². The van der Waals surface area contributed by atoms with Crippen LogP contribution in [0.25, 0.3) is 33.3 Å². The summed E-state index contributed by atoms with van der Waals surface area (Å²) in [6.45, 7) is 8.57. The lowest BCUT2D eigenvalue weighted by Gasteiger charge is -2.30. The Morgan fingerprint density at radius 2 is 1.93 bits per heavy atom. The average Bonchev–Trinajstić information content (AvgIpc) is 3.39. The molecule has 2 heterocycles. The maximum atomic E-state index is 13.4. The maximum absolute atomic E-state index is 13.4. The van der Waals surface area contributed by atoms with Gasteiger partial charge in [-0.25, -0.2) is 4.79 Å². The van der Waals surface area contributed by atoms with Gasteiger partial charge in [-0.2, -0.15) is 0 Å². The molecule has 0 spiro atoms. The van der Waals surface area contributed by atoms with E-state index >= 15 is 0 Å². The Balaban J connectivity index is 1.87. The zero-order chi connectivity index (χ0) is 28.4. The van der Waals surface area contributed by atoms with Gasteiger partial charge in [-0.3, -0.25) is 0 Å². The highest BCUT2D eigenvalue weighted by Gasteiger charge is 2.34. The van der Waals surface area contributed by atoms with Crippen LogP contribution in [-0.4, -0.2) is 35.5 Å². The molecule has 0 saturated heterocycles. The van der Waals surface area contributed by atoms with Gasteiger partial charge in [0.05, 0.1) is 35.7 Å². The zero-order valence-corrected chi connectivity index (χ0v) is 25.1. The van der Waals surface area contributed by atoms with Crippen LogP contribution < -0.4 is 9.46 Å². The number of esters is 1. The lowest BCUT2D eigenvalue weighted by atomic mass is 9.86. The highest BCUT2D eigenvalue weighted by Crippen LogP contribution is 2.47. The van der Waals surface area contributed by atoms with Crippen molar-refractivity contribution in [2.75, 3.05) is 23.7 Å². The van der Waals surface area contributed by atoms with E-state index in [-0.39, 0.29) is 0 Å². The number of ether oxygens (including phenoxy) is 3. The molecule has 4 aromatic rings. The third kappa shape index (κ3) is 5.69. The fraction of sp³-hybridized carbons (Fsp3) is 0.344. The summed E-state index contributed by atoms with van der Waals surface area (Å²) in [7, 11) is 1.40. The molecule has 0 bridgehead atoms. The van der Waals surface area contributed by atoms with Crippen molar-refractivity contribution < 1.29 is 19.0 Å². The van der Waals surface area contributed by atoms with E-state index < -0.39 is 17.7 Å². The van der Waals surface area contributed by atoms with Crippen molar-refractivity contribution in [1.82, 2.24) is 4.98 Å². The molecule has 0 amide bonds. The van der Waals surface area contributed by atoms with Crippen molar-refractivity contribution in [2.45, 2.75) is 52.2 Å². The Labute approximate surface area is 244 Å². The Morgan fingerprint density at radius 1 is 1.15 bits per heavy atom. The van der Waals surface area contributed by atoms with Crippen molar-refractivity contribution >= 4 is 46.1 Å². The first kappa shape index (κ1) is 28.4. The molecular weight excluding hydrogens is 544 g/mol. The van der Waals surface area contributed by atoms with Crippen molar-refractivity contribution in [2.24, 2.45) is 0 Å². The fourth-order valence-corrected chi connectivity index (χ4v) is 5.96. The Morgan fingerprint density at radius 3 is 2.62 bits per heavy atom. The van der Waals surface area contributed by atoms with Crippen LogP contribution >= 0.6 is 23.5 Å². The molecular formula is C32H35ClN2O4S. The molecule has 0 radical (unpaired) electrons. The van der Waals surface area contributed by atoms with Gasteiger partial charge in [-0.05, 0) is 98.5 Å². The summed E-state index contributed by atoms with van der Waals surface area (Å²) in [6.07, 6.45) is 0.957. The summed E-state index contributed by atoms with van der Waals surface area (Å²) in [5, 5.41) is 1.33. The van der Waals surface area contributed by atoms with Gasteiger partial charge in [0.25, 0.3) is 0 Å². The molecule has 0 fully saturated rings. The second-order valence-electron chi connectivity index (χ2n) is 10.9. The van der Waals surface area contributed by atoms with E-state index in [1.807, 2.05) is 52.0 Å². The topological polar surface area (TPSA) is 72.6 Å². The minimum absolute atomic E-state index is 0.355. The molecule has 1 unspecified atom stereocenters. The predicted molar refractivity (Wildman–Crippen MR) is 165 cm³/mol. The minimum Gasteiger partial charge on any atom is -0.493 e. The van der Waals surface area contributed by atoms with Crippen molar-refractivity contribution in [1.29, 1.82) is 0 Å². The van der Waals surface area contributed by atoms with Crippen LogP contribution in [0.5, 0.6) is 5.75 Å². The third-order valence-electron chi connectivity index (χ3n) is 7.04. The largest absolute Gasteiger partial charge is 0.493 e. The molecule has 1 aliphatic rings. The van der Waals surface area contributed by atoms with E-state index in [9.17, 15) is 4.79 Å². The number of hydrogen-bond donors (Lipinski definition) is 2. The Hall–Kier alpha value is -3.13. The van der Waals surface area contributed by atoms with Gasteiger partial charge in [0.1, 0.15) is 5.75 Å². The van der Waals surface area contributed by atoms with Crippen molar-refractivity contribution in [3.8, 4) is 28.1 Å². The molecule has 0 aliphatic carbocycles. The Bertz CT molecular complexity index is 1530. The monoisotopic (exact) mass is 578 g/mol. The number of anilines is 1. The molecule has 2 N–H and O–H groups in total. The number of benzene rings is 3. The maximum Gasteiger partial charge on any atom is 0.339 e. The first-order chi connectivity index (χ1) is 19.2. The van der Waals surface area contributed by atoms with E-state index in [0.717, 1.165) is 80.9 Å². The Kier molecular flexibility index (Phi) is 8.36. The predicted octanol–water partition coefficient (Wildman–Crippen LogP) is 8.42. The summed E-state index contributed by atoms with van der Waals surface area (Å²) in [5.41, 5.74) is 7.95. The highest BCUT2D eigenvalue weighted by molar-refractivity contribution is 8.01. The second-order valence-corrected chi connectivity index (χ2v) is 12.3. The molecule has 1 atom stereocenters. The van der Waals surface area contributed by atoms with Crippen molar-refractivity contribution in [3.63, 3.8) is 0 Å². The van der Waals surface area contributed by atoms with E-state index in [1.165, 1.54) is 19.1 Å². The standard InChI is InChI=1S/C32H35ClN2O4S/c1-19-26(30(31(36)37-5)39-32(2,3)4)27(22-13-14-25-21(16-22)12-9-15-38-25)23-17-24(20-10-7-6-8-11-20)34-29(23)28(19)35-40-18-33/h6-8,10-11,13-14,16-17,30,34-35H,9,12,15,18H2,1-5H3. The number of aromatic amines is 1. The van der Waals surface area contributed by atoms with Gasteiger partial charge in [0, 0.05) is 16.6 Å². The van der Waals surface area contributed by atoms with Crippen molar-refractivity contribution in [3.05, 3.63) is 71.3 Å². The van der Waals surface area contributed by atoms with Gasteiger partial charge in [-0.15, -0.1) is 11.6 Å². The molecule has 3 aromatic carbocycles. The first-order valence-electron chi connectivity index (χ1n) is 13.4. The summed E-state index contributed by atoms with van der Waals surface area (Å²) < 4.78 is 21.1. The first-order valence-corrected chi connectivity index (χ1v) is 14.9. The van der Waals surface area contributed by atoms with E-state index in [4.69, 9.17) is 25.8 Å². The lowest BCUT2D eigenvalue weighted by molar-refractivity contribution is -0.164. The van der Waals surface area contributed by atoms with Crippen LogP contribution in [-0.2, 0) is 20.7 Å². The minimum atomic E-state index is -0.951. The van der Waals surface area contributed by atoms with Gasteiger partial charge in [0.2, 0.25) is 0 Å². The normalized spacial score (nSPS) is 13.9. The summed E-state index contributed by atoms with van der Waals surface area (Å²) in [6, 6.07) is 18.7. The van der Waals surface area contributed by atoms with Crippen LogP contribution in [0.2, 0.25) is 0 Å². The number of carbonyl (C=O) groups is 1. The van der Waals surface area contributed by atoms with Gasteiger partial charge in [0.15, 0.2) is 6.10 Å². The number of fused-ring (bicyclic) bond motifs is 2. The smallest absolute Gasteiger partial charge is 0.339 e. The van der Waals surface area contributed by atoms with Crippen LogP contribution in [0.4, 0.5) is 5.69 Å². The highest BCUT2D eigenvalue weighted by atomic mass is 35.5. The van der Waals surface area contributed by atoms with Gasteiger partial charge in [-0.1, -0.05) is 36.4 Å². The molecule has 0 saturated carbocycles. The molecule has 5 rings (SSSR count). The van der Waals surface area contributed by atoms with Crippen LogP contribution in [0.3, 0.4) is 0 Å². The van der Waals surface area contributed by atoms with Crippen LogP contribution in [0, 0.1) is 6.92 Å². The number of hydrogen-bond acceptors (Lipinski definition) is 6. The SMILES string of the molecule is COC(=O)C(OC(C)(C)C)c1c(C)c(NSCCl)c2[nH]c(-c3ccccc3)cc2c1-c1ccc2c(c1)CCCO2. The number of methoxy groups -OCH3 is 1. The van der Waals surface area contributed by atoms with Gasteiger partial charge < -0.3 is 23.9 Å². The molecule has 1 aliphatic heterocycles. The van der Waals surface area contributed by atoms with E-state index in [0.29, 0.717) is 5.21 Å². The quantitative estimate of drug-likeness (QED) is 0.124. The summed E-state index contributed by atoms with van der Waals surface area (Å²) in [5.74, 6) is 0.463. The second kappa shape index (κ2) is 11.8. The molecule has 1 aromatic heterocycles. The number of rotatable bonds is 8. The van der Waals surface area contributed by atoms with Crippen LogP contribution in [0.1, 0.15) is 50.0 Å². The number of nitrogens with one attached hydrogen (secondary N) is 2. The van der Waals surface area contributed by atoms with Gasteiger partial charge >= 0.3 is 5.97 Å².